The third kappa shape index (κ3) is 4.98. The molecule has 2 N–H and O–H groups in total. The SMILES string of the molecule is O=C(CC1=CCCCC1)NCC1(O)CCCCCC1. The van der Waals surface area contributed by atoms with Crippen LogP contribution in [-0.2, 0) is 4.79 Å². The number of hydrogen-bond donors (Lipinski definition) is 2. The first kappa shape index (κ1) is 14.6. The maximum Gasteiger partial charge on any atom is 0.224 e. The van der Waals surface area contributed by atoms with Gasteiger partial charge in [-0.25, -0.2) is 0 Å². The summed E-state index contributed by atoms with van der Waals surface area (Å²) < 4.78 is 0. The van der Waals surface area contributed by atoms with Gasteiger partial charge in [-0.05, 0) is 38.5 Å². The van der Waals surface area contributed by atoms with Gasteiger partial charge in [0.05, 0.1) is 5.60 Å². The minimum atomic E-state index is -0.660. The van der Waals surface area contributed by atoms with Gasteiger partial charge in [0.2, 0.25) is 5.91 Å². The van der Waals surface area contributed by atoms with Crippen molar-refractivity contribution in [3.05, 3.63) is 11.6 Å². The van der Waals surface area contributed by atoms with Crippen molar-refractivity contribution in [2.75, 3.05) is 6.54 Å². The number of nitrogens with one attached hydrogen (secondary N) is 1. The Morgan fingerprint density at radius 1 is 1.16 bits per heavy atom. The maximum absolute atomic E-state index is 11.9. The largest absolute Gasteiger partial charge is 0.388 e. The fraction of sp³-hybridized carbons (Fsp3) is 0.812. The van der Waals surface area contributed by atoms with Crippen molar-refractivity contribution in [3.8, 4) is 0 Å². The Kier molecular flexibility index (Phi) is 5.44. The Morgan fingerprint density at radius 2 is 1.89 bits per heavy atom. The zero-order chi connectivity index (χ0) is 13.6. The van der Waals surface area contributed by atoms with Gasteiger partial charge in [0, 0.05) is 13.0 Å². The molecule has 0 aromatic carbocycles. The molecule has 0 unspecified atom stereocenters. The van der Waals surface area contributed by atoms with Crippen molar-refractivity contribution in [1.29, 1.82) is 0 Å². The normalized spacial score (nSPS) is 23.3. The minimum Gasteiger partial charge on any atom is -0.388 e. The highest BCUT2D eigenvalue weighted by atomic mass is 16.3. The molecule has 2 aliphatic carbocycles. The molecule has 2 aliphatic rings. The van der Waals surface area contributed by atoms with Gasteiger partial charge in [0.15, 0.2) is 0 Å². The monoisotopic (exact) mass is 265 g/mol. The van der Waals surface area contributed by atoms with Crippen LogP contribution < -0.4 is 5.32 Å². The summed E-state index contributed by atoms with van der Waals surface area (Å²) >= 11 is 0. The average Bonchev–Trinajstić information content (AvgIpc) is 2.63. The van der Waals surface area contributed by atoms with Crippen molar-refractivity contribution in [3.63, 3.8) is 0 Å². The number of carbonyl (C=O) groups excluding carboxylic acids is 1. The summed E-state index contributed by atoms with van der Waals surface area (Å²) in [5.41, 5.74) is 0.615. The number of carbonyl (C=O) groups is 1. The first-order chi connectivity index (χ1) is 9.18. The van der Waals surface area contributed by atoms with E-state index in [0.717, 1.165) is 38.5 Å². The van der Waals surface area contributed by atoms with E-state index in [-0.39, 0.29) is 5.91 Å². The summed E-state index contributed by atoms with van der Waals surface area (Å²) in [7, 11) is 0. The van der Waals surface area contributed by atoms with Crippen LogP contribution in [0.15, 0.2) is 11.6 Å². The molecule has 0 aromatic heterocycles. The number of aliphatic hydroxyl groups is 1. The van der Waals surface area contributed by atoms with Crippen LogP contribution in [0.3, 0.4) is 0 Å². The Labute approximate surface area is 116 Å². The number of allylic oxidation sites excluding steroid dienone is 1. The molecule has 19 heavy (non-hydrogen) atoms. The highest BCUT2D eigenvalue weighted by Crippen LogP contribution is 2.26. The molecule has 0 aromatic rings. The van der Waals surface area contributed by atoms with Gasteiger partial charge in [-0.15, -0.1) is 0 Å². The molecule has 0 saturated heterocycles. The predicted molar refractivity (Wildman–Crippen MR) is 76.8 cm³/mol. The van der Waals surface area contributed by atoms with E-state index < -0.39 is 5.60 Å². The molecule has 0 radical (unpaired) electrons. The Hall–Kier alpha value is -0.830. The van der Waals surface area contributed by atoms with Crippen molar-refractivity contribution in [2.45, 2.75) is 76.2 Å². The minimum absolute atomic E-state index is 0.0748. The molecular formula is C16H27NO2. The van der Waals surface area contributed by atoms with Gasteiger partial charge < -0.3 is 10.4 Å². The van der Waals surface area contributed by atoms with Crippen molar-refractivity contribution >= 4 is 5.91 Å². The summed E-state index contributed by atoms with van der Waals surface area (Å²) in [6.07, 6.45) is 13.6. The first-order valence-electron chi connectivity index (χ1n) is 7.85. The summed E-state index contributed by atoms with van der Waals surface area (Å²) in [6, 6.07) is 0. The molecule has 0 spiro atoms. The molecule has 1 amide bonds. The highest BCUT2D eigenvalue weighted by molar-refractivity contribution is 5.78. The molecule has 108 valence electrons. The molecule has 0 heterocycles. The van der Waals surface area contributed by atoms with E-state index in [4.69, 9.17) is 0 Å². The Balaban J connectivity index is 1.74. The fourth-order valence-corrected chi connectivity index (χ4v) is 3.16. The van der Waals surface area contributed by atoms with Gasteiger partial charge in [-0.2, -0.15) is 0 Å². The zero-order valence-electron chi connectivity index (χ0n) is 11.9. The van der Waals surface area contributed by atoms with E-state index in [1.165, 1.54) is 31.3 Å². The second-order valence-electron chi connectivity index (χ2n) is 6.20. The molecule has 1 fully saturated rings. The van der Waals surface area contributed by atoms with Crippen LogP contribution in [0.4, 0.5) is 0 Å². The number of hydrogen-bond acceptors (Lipinski definition) is 2. The highest BCUT2D eigenvalue weighted by Gasteiger charge is 2.28. The fourth-order valence-electron chi connectivity index (χ4n) is 3.16. The summed E-state index contributed by atoms with van der Waals surface area (Å²) in [5.74, 6) is 0.0748. The van der Waals surface area contributed by atoms with E-state index in [1.807, 2.05) is 0 Å². The van der Waals surface area contributed by atoms with Gasteiger partial charge in [0.1, 0.15) is 0 Å². The molecular weight excluding hydrogens is 238 g/mol. The van der Waals surface area contributed by atoms with Crippen LogP contribution in [0.25, 0.3) is 0 Å². The quantitative estimate of drug-likeness (QED) is 0.606. The maximum atomic E-state index is 11.9. The predicted octanol–water partition coefficient (Wildman–Crippen LogP) is 3.08. The van der Waals surface area contributed by atoms with E-state index in [1.54, 1.807) is 0 Å². The van der Waals surface area contributed by atoms with Gasteiger partial charge in [0.25, 0.3) is 0 Å². The van der Waals surface area contributed by atoms with Crippen LogP contribution in [0.2, 0.25) is 0 Å². The molecule has 3 nitrogen and oxygen atoms in total. The second kappa shape index (κ2) is 7.09. The second-order valence-corrected chi connectivity index (χ2v) is 6.20. The average molecular weight is 265 g/mol. The van der Waals surface area contributed by atoms with E-state index in [2.05, 4.69) is 11.4 Å². The van der Waals surface area contributed by atoms with Gasteiger partial charge in [-0.1, -0.05) is 37.3 Å². The Bertz CT molecular complexity index is 328. The zero-order valence-corrected chi connectivity index (χ0v) is 11.9. The lowest BCUT2D eigenvalue weighted by atomic mass is 9.94. The van der Waals surface area contributed by atoms with Crippen molar-refractivity contribution in [1.82, 2.24) is 5.32 Å². The molecule has 3 heteroatoms. The number of amides is 1. The third-order valence-corrected chi connectivity index (χ3v) is 4.42. The van der Waals surface area contributed by atoms with Gasteiger partial charge >= 0.3 is 0 Å². The lowest BCUT2D eigenvalue weighted by Gasteiger charge is -2.27. The summed E-state index contributed by atoms with van der Waals surface area (Å²) in [4.78, 5) is 11.9. The molecule has 0 atom stereocenters. The van der Waals surface area contributed by atoms with E-state index in [0.29, 0.717) is 13.0 Å². The molecule has 0 aliphatic heterocycles. The smallest absolute Gasteiger partial charge is 0.224 e. The Morgan fingerprint density at radius 3 is 2.53 bits per heavy atom. The topological polar surface area (TPSA) is 49.3 Å². The van der Waals surface area contributed by atoms with Crippen LogP contribution in [-0.4, -0.2) is 23.2 Å². The van der Waals surface area contributed by atoms with Crippen LogP contribution in [0.1, 0.15) is 70.6 Å². The van der Waals surface area contributed by atoms with Crippen LogP contribution in [0.5, 0.6) is 0 Å². The standard InChI is InChI=1S/C16H27NO2/c18-15(12-14-8-4-3-5-9-14)17-13-16(19)10-6-1-2-7-11-16/h8,19H,1-7,9-13H2,(H,17,18). The van der Waals surface area contributed by atoms with Gasteiger partial charge in [-0.3, -0.25) is 4.79 Å². The van der Waals surface area contributed by atoms with Crippen LogP contribution >= 0.6 is 0 Å². The molecule has 0 bridgehead atoms. The first-order valence-corrected chi connectivity index (χ1v) is 7.85. The summed E-state index contributed by atoms with van der Waals surface area (Å²) in [5, 5.41) is 13.4. The summed E-state index contributed by atoms with van der Waals surface area (Å²) in [6.45, 7) is 0.430. The van der Waals surface area contributed by atoms with E-state index >= 15 is 0 Å². The van der Waals surface area contributed by atoms with Crippen LogP contribution in [0, 0.1) is 0 Å². The van der Waals surface area contributed by atoms with Crippen molar-refractivity contribution in [2.24, 2.45) is 0 Å². The van der Waals surface area contributed by atoms with Crippen molar-refractivity contribution < 1.29 is 9.90 Å². The molecule has 2 rings (SSSR count). The molecule has 1 saturated carbocycles. The lowest BCUT2D eigenvalue weighted by Crippen LogP contribution is -2.42. The number of rotatable bonds is 4. The lowest BCUT2D eigenvalue weighted by molar-refractivity contribution is -0.121. The third-order valence-electron chi connectivity index (χ3n) is 4.42. The van der Waals surface area contributed by atoms with E-state index in [9.17, 15) is 9.90 Å².